The van der Waals surface area contributed by atoms with Crippen molar-refractivity contribution in [2.45, 2.75) is 101 Å². The van der Waals surface area contributed by atoms with Gasteiger partial charge in [-0.05, 0) is 93.6 Å². The Hall–Kier alpha value is -5.36. The second-order valence-electron chi connectivity index (χ2n) is 16.7. The summed E-state index contributed by atoms with van der Waals surface area (Å²) < 4.78 is 77.6. The number of pyridine rings is 1. The molecule has 0 fully saturated rings. The van der Waals surface area contributed by atoms with Gasteiger partial charge >= 0.3 is 0 Å². The van der Waals surface area contributed by atoms with Crippen molar-refractivity contribution in [1.82, 2.24) is 20.2 Å². The summed E-state index contributed by atoms with van der Waals surface area (Å²) in [7, 11) is -7.27. The van der Waals surface area contributed by atoms with Crippen molar-refractivity contribution in [1.29, 1.82) is 0 Å². The first-order valence-electron chi connectivity index (χ1n) is 20.8. The molecule has 0 saturated heterocycles. The summed E-state index contributed by atoms with van der Waals surface area (Å²) in [5.74, 6) is 0.351. The first-order valence-corrected chi connectivity index (χ1v) is 23.7. The van der Waals surface area contributed by atoms with E-state index in [9.17, 15) is 35.5 Å². The molecule has 4 heterocycles. The molecule has 0 bridgehead atoms. The summed E-state index contributed by atoms with van der Waals surface area (Å²) in [5, 5.41) is 5.86. The molecule has 2 aliphatic rings. The molecule has 0 radical (unpaired) electrons. The molecule has 0 unspecified atom stereocenters. The molecule has 2 aliphatic heterocycles. The summed E-state index contributed by atoms with van der Waals surface area (Å²) in [5.41, 5.74) is 6.53. The summed E-state index contributed by atoms with van der Waals surface area (Å²) in [6.45, 7) is 14.2. The highest BCUT2D eigenvalue weighted by Gasteiger charge is 2.45. The van der Waals surface area contributed by atoms with Crippen molar-refractivity contribution in [2.75, 3.05) is 38.2 Å². The first kappa shape index (κ1) is 46.2. The fraction of sp³-hybridized carbons (Fsp3) is 0.422. The van der Waals surface area contributed by atoms with Crippen molar-refractivity contribution >= 4 is 60.2 Å². The molecule has 2 aromatic heterocycles. The molecule has 17 heteroatoms. The molecule has 6 rings (SSSR count). The van der Waals surface area contributed by atoms with Gasteiger partial charge in [-0.15, -0.1) is 0 Å². The Bertz CT molecular complexity index is 2720. The smallest absolute Gasteiger partial charge is 0.294 e. The third kappa shape index (κ3) is 9.65. The number of methoxy groups -OCH3 is 1. The van der Waals surface area contributed by atoms with Gasteiger partial charge in [-0.3, -0.25) is 18.7 Å². The quantitative estimate of drug-likeness (QED) is 0.0502. The number of nitrogens with one attached hydrogen (secondary N) is 2. The summed E-state index contributed by atoms with van der Waals surface area (Å²) >= 11 is 0. The van der Waals surface area contributed by atoms with E-state index in [0.29, 0.717) is 57.9 Å². The molecule has 4 aromatic rings. The Balaban J connectivity index is 1.13. The van der Waals surface area contributed by atoms with Crippen LogP contribution >= 0.6 is 0 Å². The molecule has 0 spiro atoms. The molecule has 0 atom stereocenters. The van der Waals surface area contributed by atoms with Crippen LogP contribution in [-0.2, 0) is 53.6 Å². The zero-order valence-corrected chi connectivity index (χ0v) is 38.0. The zero-order chi connectivity index (χ0) is 45.2. The molecular formula is C45H57N6O9S2+. The monoisotopic (exact) mass is 889 g/mol. The Morgan fingerprint density at radius 3 is 2.24 bits per heavy atom. The minimum absolute atomic E-state index is 0.0481. The second kappa shape index (κ2) is 18.2. The Kier molecular flexibility index (Phi) is 13.5. The lowest BCUT2D eigenvalue weighted by Crippen LogP contribution is -2.28. The van der Waals surface area contributed by atoms with Gasteiger partial charge < -0.3 is 24.8 Å². The minimum atomic E-state index is -4.44. The fourth-order valence-corrected chi connectivity index (χ4v) is 9.67. The number of ether oxygens (including phenoxy) is 1. The number of amides is 2. The maximum Gasteiger partial charge on any atom is 0.294 e. The Labute approximate surface area is 364 Å². The maximum atomic E-state index is 12.9. The SMILES string of the molecule is CCN1C(=CC=CC2=[N+](CCCCCC(=O)NCCn3cc(CCNC(C)=O)c4nc(OC)ccc43)c3ccc(S(=O)(=O)O)cc3C2(C)C)C(C)(C)c2cc(S(=O)(=O)O)ccc21. The van der Waals surface area contributed by atoms with Gasteiger partial charge in [0, 0.05) is 92.7 Å². The van der Waals surface area contributed by atoms with Crippen molar-refractivity contribution in [2.24, 2.45) is 0 Å². The van der Waals surface area contributed by atoms with Crippen LogP contribution in [0.5, 0.6) is 5.88 Å². The number of hydrogen-bond acceptors (Lipinski definition) is 9. The molecule has 0 aliphatic carbocycles. The van der Waals surface area contributed by atoms with Crippen LogP contribution < -0.4 is 20.3 Å². The molecule has 332 valence electrons. The van der Waals surface area contributed by atoms with Crippen LogP contribution in [0.1, 0.15) is 83.9 Å². The highest BCUT2D eigenvalue weighted by atomic mass is 32.2. The maximum absolute atomic E-state index is 12.9. The van der Waals surface area contributed by atoms with Crippen molar-refractivity contribution in [3.63, 3.8) is 0 Å². The molecule has 0 saturated carbocycles. The predicted molar refractivity (Wildman–Crippen MR) is 239 cm³/mol. The van der Waals surface area contributed by atoms with Gasteiger partial charge in [-0.2, -0.15) is 21.4 Å². The standard InChI is InChI=1S/C45H56N6O9S2/c1-8-50-36-18-16-32(61(54,55)56)27-34(36)44(3,4)39(50)13-12-14-40-45(5,6)35-28-33(62(57,58)59)17-19-37(35)51(40)25-11-9-10-15-41(53)47-24-26-49-29-31(22-23-46-30(2)52)43-38(49)20-21-42(48-43)60-7/h12-14,16-21,27-29H,8-11,15,22-26H2,1-7H3,(H3-,46,47,52,53,54,55,56,57,58,59)/p+1. The Morgan fingerprint density at radius 1 is 0.887 bits per heavy atom. The number of fused-ring (bicyclic) bond motifs is 3. The van der Waals surface area contributed by atoms with Gasteiger partial charge in [0.05, 0.1) is 33.3 Å². The minimum Gasteiger partial charge on any atom is -0.481 e. The zero-order valence-electron chi connectivity index (χ0n) is 36.4. The highest BCUT2D eigenvalue weighted by molar-refractivity contribution is 7.86. The number of aromatic nitrogens is 2. The van der Waals surface area contributed by atoms with Gasteiger partial charge in [0.15, 0.2) is 5.71 Å². The number of hydrogen-bond donors (Lipinski definition) is 4. The average molecular weight is 890 g/mol. The number of carbonyl (C=O) groups excluding carboxylic acids is 2. The van der Waals surface area contributed by atoms with Gasteiger partial charge in [0.1, 0.15) is 6.54 Å². The third-order valence-corrected chi connectivity index (χ3v) is 13.6. The summed E-state index contributed by atoms with van der Waals surface area (Å²) in [6, 6.07) is 13.0. The molecule has 2 amide bonds. The van der Waals surface area contributed by atoms with Crippen LogP contribution in [0.3, 0.4) is 0 Å². The third-order valence-electron chi connectivity index (χ3n) is 11.9. The molecule has 62 heavy (non-hydrogen) atoms. The highest BCUT2D eigenvalue weighted by Crippen LogP contribution is 2.48. The van der Waals surface area contributed by atoms with E-state index in [2.05, 4.69) is 25.1 Å². The van der Waals surface area contributed by atoms with Crippen LogP contribution in [0, 0.1) is 0 Å². The average Bonchev–Trinajstić information content (AvgIpc) is 3.74. The largest absolute Gasteiger partial charge is 0.481 e. The number of unbranched alkanes of at least 4 members (excludes halogenated alkanes) is 2. The molecule has 15 nitrogen and oxygen atoms in total. The van der Waals surface area contributed by atoms with Crippen LogP contribution in [-0.4, -0.2) is 90.9 Å². The van der Waals surface area contributed by atoms with E-state index in [4.69, 9.17) is 4.74 Å². The lowest BCUT2D eigenvalue weighted by atomic mass is 9.81. The van der Waals surface area contributed by atoms with Gasteiger partial charge in [-0.1, -0.05) is 19.9 Å². The van der Waals surface area contributed by atoms with Crippen LogP contribution in [0.2, 0.25) is 0 Å². The van der Waals surface area contributed by atoms with Crippen molar-refractivity contribution in [3.8, 4) is 5.88 Å². The van der Waals surface area contributed by atoms with Crippen molar-refractivity contribution in [3.05, 3.63) is 95.3 Å². The van der Waals surface area contributed by atoms with E-state index in [1.807, 2.05) is 69.7 Å². The van der Waals surface area contributed by atoms with E-state index in [1.54, 1.807) is 25.3 Å². The van der Waals surface area contributed by atoms with Crippen LogP contribution in [0.15, 0.2) is 88.4 Å². The summed E-state index contributed by atoms with van der Waals surface area (Å²) in [4.78, 5) is 30.8. The van der Waals surface area contributed by atoms with Gasteiger partial charge in [0.2, 0.25) is 23.4 Å². The normalized spacial score (nSPS) is 16.3. The van der Waals surface area contributed by atoms with E-state index in [1.165, 1.54) is 31.2 Å². The Morgan fingerprint density at radius 2 is 1.58 bits per heavy atom. The first-order chi connectivity index (χ1) is 29.2. The van der Waals surface area contributed by atoms with Gasteiger partial charge in [0.25, 0.3) is 20.2 Å². The van der Waals surface area contributed by atoms with Crippen LogP contribution in [0.25, 0.3) is 11.0 Å². The lowest BCUT2D eigenvalue weighted by molar-refractivity contribution is -0.438. The van der Waals surface area contributed by atoms with E-state index in [0.717, 1.165) is 63.3 Å². The predicted octanol–water partition coefficient (Wildman–Crippen LogP) is 6.23. The van der Waals surface area contributed by atoms with E-state index < -0.39 is 31.1 Å². The second-order valence-corrected chi connectivity index (χ2v) is 19.6. The van der Waals surface area contributed by atoms with Crippen molar-refractivity contribution < 1.29 is 44.8 Å². The number of allylic oxidation sites excluding steroid dienone is 4. The fourth-order valence-electron chi connectivity index (χ4n) is 8.65. The number of anilines is 1. The number of benzene rings is 2. The van der Waals surface area contributed by atoms with Crippen LogP contribution in [0.4, 0.5) is 11.4 Å². The van der Waals surface area contributed by atoms with E-state index >= 15 is 0 Å². The number of rotatable bonds is 18. The molecular weight excluding hydrogens is 833 g/mol. The summed E-state index contributed by atoms with van der Waals surface area (Å²) in [6.07, 6.45) is 11.1. The number of carbonyl (C=O) groups is 2. The molecule has 2 aromatic carbocycles. The topological polar surface area (TPSA) is 200 Å². The number of likely N-dealkylation sites (N-methyl/N-ethyl adjacent to an activating group) is 1. The van der Waals surface area contributed by atoms with E-state index in [-0.39, 0.29) is 21.6 Å². The lowest BCUT2D eigenvalue weighted by Gasteiger charge is -2.25. The molecule has 4 N–H and O–H groups in total. The van der Waals surface area contributed by atoms with Gasteiger partial charge in [-0.25, -0.2) is 4.98 Å². The number of nitrogens with zero attached hydrogens (tertiary/aromatic N) is 4.